The molecule has 21 heavy (non-hydrogen) atoms. The van der Waals surface area contributed by atoms with E-state index >= 15 is 0 Å². The minimum absolute atomic E-state index is 0.0262. The molecule has 0 radical (unpaired) electrons. The number of hydrogen-bond donors (Lipinski definition) is 0. The molecule has 2 aromatic rings. The first-order chi connectivity index (χ1) is 10.1. The summed E-state index contributed by atoms with van der Waals surface area (Å²) >= 11 is 1.72. The van der Waals surface area contributed by atoms with Gasteiger partial charge in [-0.1, -0.05) is 0 Å². The second-order valence-electron chi connectivity index (χ2n) is 5.94. The Labute approximate surface area is 129 Å². The SMILES string of the molecule is COC1(CN(C)C)CCN(c2ncnc3ccsc23)CC1. The van der Waals surface area contributed by atoms with Gasteiger partial charge in [-0.3, -0.25) is 0 Å². The van der Waals surface area contributed by atoms with Crippen LogP contribution in [0.15, 0.2) is 17.8 Å². The van der Waals surface area contributed by atoms with Gasteiger partial charge in [0.15, 0.2) is 0 Å². The second-order valence-corrected chi connectivity index (χ2v) is 6.86. The molecule has 2 aromatic heterocycles. The second kappa shape index (κ2) is 5.87. The van der Waals surface area contributed by atoms with Crippen molar-refractivity contribution in [2.45, 2.75) is 18.4 Å². The van der Waals surface area contributed by atoms with Gasteiger partial charge in [-0.05, 0) is 38.4 Å². The van der Waals surface area contributed by atoms with Crippen molar-refractivity contribution in [1.29, 1.82) is 0 Å². The number of likely N-dealkylation sites (N-methyl/N-ethyl adjacent to an activating group) is 1. The topological polar surface area (TPSA) is 41.5 Å². The molecule has 1 aliphatic rings. The molecule has 1 fully saturated rings. The third kappa shape index (κ3) is 2.88. The molecule has 0 spiro atoms. The lowest BCUT2D eigenvalue weighted by molar-refractivity contribution is -0.0454. The van der Waals surface area contributed by atoms with Gasteiger partial charge in [-0.15, -0.1) is 11.3 Å². The highest BCUT2D eigenvalue weighted by Gasteiger charge is 2.35. The normalized spacial score (nSPS) is 18.6. The van der Waals surface area contributed by atoms with Crippen LogP contribution < -0.4 is 4.90 Å². The summed E-state index contributed by atoms with van der Waals surface area (Å²) in [6.45, 7) is 2.92. The van der Waals surface area contributed by atoms with Crippen LogP contribution in [0.25, 0.3) is 10.2 Å². The summed E-state index contributed by atoms with van der Waals surface area (Å²) in [4.78, 5) is 13.4. The highest BCUT2D eigenvalue weighted by Crippen LogP contribution is 2.33. The van der Waals surface area contributed by atoms with Crippen LogP contribution in [-0.4, -0.2) is 61.3 Å². The molecule has 1 saturated heterocycles. The molecule has 0 atom stereocenters. The van der Waals surface area contributed by atoms with E-state index in [-0.39, 0.29) is 5.60 Å². The maximum atomic E-state index is 5.85. The summed E-state index contributed by atoms with van der Waals surface area (Å²) < 4.78 is 7.04. The molecule has 0 saturated carbocycles. The lowest BCUT2D eigenvalue weighted by Gasteiger charge is -2.42. The molecular weight excluding hydrogens is 284 g/mol. The molecule has 5 nitrogen and oxygen atoms in total. The van der Waals surface area contributed by atoms with Crippen molar-refractivity contribution in [2.75, 3.05) is 45.7 Å². The number of aromatic nitrogens is 2. The van der Waals surface area contributed by atoms with E-state index < -0.39 is 0 Å². The van der Waals surface area contributed by atoms with Crippen molar-refractivity contribution in [1.82, 2.24) is 14.9 Å². The first kappa shape index (κ1) is 14.7. The zero-order valence-electron chi connectivity index (χ0n) is 12.9. The fraction of sp³-hybridized carbons (Fsp3) is 0.600. The Bertz CT molecular complexity index is 604. The summed E-state index contributed by atoms with van der Waals surface area (Å²) in [5.74, 6) is 1.07. The Morgan fingerprint density at radius 3 is 2.76 bits per heavy atom. The third-order valence-corrected chi connectivity index (χ3v) is 5.14. The average Bonchev–Trinajstić information content (AvgIpc) is 2.96. The summed E-state index contributed by atoms with van der Waals surface area (Å²) in [5, 5.41) is 2.08. The van der Waals surface area contributed by atoms with Gasteiger partial charge in [-0.2, -0.15) is 0 Å². The fourth-order valence-corrected chi connectivity index (χ4v) is 3.99. The van der Waals surface area contributed by atoms with E-state index in [2.05, 4.69) is 45.3 Å². The van der Waals surface area contributed by atoms with Gasteiger partial charge in [0.05, 0.1) is 15.8 Å². The number of methoxy groups -OCH3 is 1. The first-order valence-corrected chi connectivity index (χ1v) is 8.14. The van der Waals surface area contributed by atoms with Gasteiger partial charge < -0.3 is 14.5 Å². The molecule has 114 valence electrons. The Kier molecular flexibility index (Phi) is 4.10. The zero-order valence-corrected chi connectivity index (χ0v) is 13.7. The van der Waals surface area contributed by atoms with Crippen molar-refractivity contribution in [3.05, 3.63) is 17.8 Å². The smallest absolute Gasteiger partial charge is 0.150 e. The van der Waals surface area contributed by atoms with Crippen LogP contribution in [-0.2, 0) is 4.74 Å². The van der Waals surface area contributed by atoms with E-state index in [9.17, 15) is 0 Å². The zero-order chi connectivity index (χ0) is 14.9. The van der Waals surface area contributed by atoms with E-state index in [1.807, 2.05) is 7.11 Å². The van der Waals surface area contributed by atoms with Gasteiger partial charge in [0, 0.05) is 26.7 Å². The number of anilines is 1. The Hall–Kier alpha value is -1.24. The molecule has 0 aromatic carbocycles. The molecule has 6 heteroatoms. The van der Waals surface area contributed by atoms with Crippen LogP contribution in [0.5, 0.6) is 0 Å². The summed E-state index contributed by atoms with van der Waals surface area (Å²) in [5.41, 5.74) is 1.02. The van der Waals surface area contributed by atoms with Crippen LogP contribution in [0.3, 0.4) is 0 Å². The fourth-order valence-electron chi connectivity index (χ4n) is 3.13. The molecule has 0 aliphatic carbocycles. The van der Waals surface area contributed by atoms with Crippen molar-refractivity contribution >= 4 is 27.4 Å². The molecule has 1 aliphatic heterocycles. The third-order valence-electron chi connectivity index (χ3n) is 4.24. The van der Waals surface area contributed by atoms with Gasteiger partial charge in [0.1, 0.15) is 12.1 Å². The maximum Gasteiger partial charge on any atom is 0.150 e. The van der Waals surface area contributed by atoms with Crippen LogP contribution in [0.2, 0.25) is 0 Å². The number of thiophene rings is 1. The number of ether oxygens (including phenoxy) is 1. The molecule has 0 N–H and O–H groups in total. The van der Waals surface area contributed by atoms with E-state index in [0.29, 0.717) is 0 Å². The van der Waals surface area contributed by atoms with E-state index in [0.717, 1.165) is 43.8 Å². The predicted octanol–water partition coefficient (Wildman–Crippen LogP) is 2.24. The Balaban J connectivity index is 1.78. The standard InChI is InChI=1S/C15H22N4OS/c1-18(2)10-15(20-3)5-7-19(8-6-15)14-13-12(4-9-21-13)16-11-17-14/h4,9,11H,5-8,10H2,1-3H3. The number of fused-ring (bicyclic) bond motifs is 1. The van der Waals surface area contributed by atoms with Crippen molar-refractivity contribution < 1.29 is 4.74 Å². The summed E-state index contributed by atoms with van der Waals surface area (Å²) in [6.07, 6.45) is 3.72. The highest BCUT2D eigenvalue weighted by molar-refractivity contribution is 7.17. The van der Waals surface area contributed by atoms with Gasteiger partial charge in [0.2, 0.25) is 0 Å². The Morgan fingerprint density at radius 2 is 2.10 bits per heavy atom. The average molecular weight is 306 g/mol. The van der Waals surface area contributed by atoms with Gasteiger partial charge in [0.25, 0.3) is 0 Å². The van der Waals surface area contributed by atoms with Crippen LogP contribution >= 0.6 is 11.3 Å². The van der Waals surface area contributed by atoms with E-state index in [1.54, 1.807) is 17.7 Å². The summed E-state index contributed by atoms with van der Waals surface area (Å²) in [6, 6.07) is 2.06. The molecule has 3 rings (SSSR count). The molecule has 0 bridgehead atoms. The highest BCUT2D eigenvalue weighted by atomic mass is 32.1. The minimum Gasteiger partial charge on any atom is -0.377 e. The van der Waals surface area contributed by atoms with Crippen LogP contribution in [0.1, 0.15) is 12.8 Å². The summed E-state index contributed by atoms with van der Waals surface area (Å²) in [7, 11) is 6.04. The minimum atomic E-state index is -0.0262. The van der Waals surface area contributed by atoms with E-state index in [4.69, 9.17) is 4.74 Å². The number of piperidine rings is 1. The number of nitrogens with zero attached hydrogens (tertiary/aromatic N) is 4. The lowest BCUT2D eigenvalue weighted by atomic mass is 9.90. The van der Waals surface area contributed by atoms with Gasteiger partial charge in [-0.25, -0.2) is 9.97 Å². The van der Waals surface area contributed by atoms with Crippen molar-refractivity contribution in [3.8, 4) is 0 Å². The van der Waals surface area contributed by atoms with Gasteiger partial charge >= 0.3 is 0 Å². The molecular formula is C15H22N4OS. The number of hydrogen-bond acceptors (Lipinski definition) is 6. The number of rotatable bonds is 4. The predicted molar refractivity (Wildman–Crippen MR) is 87.2 cm³/mol. The molecule has 0 unspecified atom stereocenters. The van der Waals surface area contributed by atoms with Crippen molar-refractivity contribution in [3.63, 3.8) is 0 Å². The van der Waals surface area contributed by atoms with Crippen LogP contribution in [0.4, 0.5) is 5.82 Å². The quantitative estimate of drug-likeness (QED) is 0.866. The van der Waals surface area contributed by atoms with Crippen LogP contribution in [0, 0.1) is 0 Å². The molecule has 0 amide bonds. The maximum absolute atomic E-state index is 5.85. The monoisotopic (exact) mass is 306 g/mol. The molecule has 3 heterocycles. The lowest BCUT2D eigenvalue weighted by Crippen LogP contribution is -2.51. The Morgan fingerprint density at radius 1 is 1.33 bits per heavy atom. The largest absolute Gasteiger partial charge is 0.377 e. The van der Waals surface area contributed by atoms with Crippen molar-refractivity contribution in [2.24, 2.45) is 0 Å². The van der Waals surface area contributed by atoms with E-state index in [1.165, 1.54) is 4.70 Å². The first-order valence-electron chi connectivity index (χ1n) is 7.27.